The van der Waals surface area contributed by atoms with Gasteiger partial charge in [-0.3, -0.25) is 9.69 Å². The van der Waals surface area contributed by atoms with E-state index in [1.807, 2.05) is 49.5 Å². The molecule has 6 heteroatoms. The highest BCUT2D eigenvalue weighted by Crippen LogP contribution is 2.33. The molecule has 2 aromatic carbocycles. The molecular formula is C20H22N2O4. The summed E-state index contributed by atoms with van der Waals surface area (Å²) in [4.78, 5) is 15.1. The summed E-state index contributed by atoms with van der Waals surface area (Å²) in [5.74, 6) is 1.18. The average molecular weight is 354 g/mol. The van der Waals surface area contributed by atoms with Crippen LogP contribution in [0, 0.1) is 0 Å². The second-order valence-electron chi connectivity index (χ2n) is 6.48. The number of hydrogen-bond acceptors (Lipinski definition) is 5. The number of nitrogens with zero attached hydrogens (tertiary/aromatic N) is 1. The van der Waals surface area contributed by atoms with E-state index in [9.17, 15) is 4.79 Å². The van der Waals surface area contributed by atoms with E-state index >= 15 is 0 Å². The van der Waals surface area contributed by atoms with Gasteiger partial charge in [0.1, 0.15) is 13.2 Å². The fraction of sp³-hybridized carbons (Fsp3) is 0.350. The molecule has 0 bridgehead atoms. The lowest BCUT2D eigenvalue weighted by Crippen LogP contribution is -2.48. The summed E-state index contributed by atoms with van der Waals surface area (Å²) < 4.78 is 17.0. The van der Waals surface area contributed by atoms with Crippen molar-refractivity contribution in [2.75, 3.05) is 38.7 Å². The summed E-state index contributed by atoms with van der Waals surface area (Å²) >= 11 is 0. The molecule has 2 heterocycles. The standard InChI is InChI=1S/C20H22N2O4/c1-22-9-10-26-19(18(22)14-5-3-2-4-6-14)20(23)21-15-7-8-16-17(13-15)25-12-11-24-16/h2-8,13,18-19H,9-12H2,1H3,(H,21,23)/t18-,19+/m0/s1. The molecule has 2 atom stereocenters. The molecular weight excluding hydrogens is 332 g/mol. The van der Waals surface area contributed by atoms with E-state index in [0.29, 0.717) is 37.0 Å². The first-order valence-corrected chi connectivity index (χ1v) is 8.80. The molecule has 0 saturated carbocycles. The molecule has 2 aliphatic rings. The number of anilines is 1. The molecule has 0 unspecified atom stereocenters. The van der Waals surface area contributed by atoms with Crippen LogP contribution >= 0.6 is 0 Å². The molecule has 1 fully saturated rings. The molecule has 136 valence electrons. The molecule has 2 aliphatic heterocycles. The van der Waals surface area contributed by atoms with Gasteiger partial charge in [0.2, 0.25) is 0 Å². The second-order valence-corrected chi connectivity index (χ2v) is 6.48. The Bertz CT molecular complexity index is 781. The van der Waals surface area contributed by atoms with Crippen molar-refractivity contribution in [3.8, 4) is 11.5 Å². The first-order chi connectivity index (χ1) is 12.7. The Morgan fingerprint density at radius 3 is 2.62 bits per heavy atom. The number of nitrogens with one attached hydrogen (secondary N) is 1. The molecule has 1 amide bonds. The van der Waals surface area contributed by atoms with Crippen LogP contribution in [0.4, 0.5) is 5.69 Å². The zero-order valence-corrected chi connectivity index (χ0v) is 14.7. The Labute approximate surface area is 152 Å². The van der Waals surface area contributed by atoms with Crippen molar-refractivity contribution in [2.45, 2.75) is 12.1 Å². The van der Waals surface area contributed by atoms with Crippen molar-refractivity contribution in [2.24, 2.45) is 0 Å². The summed E-state index contributed by atoms with van der Waals surface area (Å²) in [5.41, 5.74) is 1.74. The van der Waals surface area contributed by atoms with Gasteiger partial charge in [0.25, 0.3) is 5.91 Å². The third-order valence-corrected chi connectivity index (χ3v) is 4.71. The van der Waals surface area contributed by atoms with Gasteiger partial charge in [0, 0.05) is 18.3 Å². The Hall–Kier alpha value is -2.57. The van der Waals surface area contributed by atoms with Crippen molar-refractivity contribution in [1.82, 2.24) is 4.90 Å². The minimum absolute atomic E-state index is 0.123. The Morgan fingerprint density at radius 1 is 1.04 bits per heavy atom. The van der Waals surface area contributed by atoms with E-state index in [1.165, 1.54) is 0 Å². The van der Waals surface area contributed by atoms with Crippen molar-refractivity contribution in [3.05, 3.63) is 54.1 Å². The molecule has 26 heavy (non-hydrogen) atoms. The van der Waals surface area contributed by atoms with Crippen LogP contribution in [0.15, 0.2) is 48.5 Å². The van der Waals surface area contributed by atoms with Crippen LogP contribution < -0.4 is 14.8 Å². The number of amides is 1. The number of morpholine rings is 1. The fourth-order valence-electron chi connectivity index (χ4n) is 3.42. The molecule has 0 spiro atoms. The molecule has 0 radical (unpaired) electrons. The van der Waals surface area contributed by atoms with Crippen LogP contribution in [0.5, 0.6) is 11.5 Å². The van der Waals surface area contributed by atoms with Crippen molar-refractivity contribution >= 4 is 11.6 Å². The minimum atomic E-state index is -0.579. The zero-order chi connectivity index (χ0) is 17.9. The Kier molecular flexibility index (Phi) is 4.77. The molecule has 0 aliphatic carbocycles. The summed E-state index contributed by atoms with van der Waals surface area (Å²) in [7, 11) is 2.02. The number of ether oxygens (including phenoxy) is 3. The van der Waals surface area contributed by atoms with E-state index in [0.717, 1.165) is 12.1 Å². The predicted octanol–water partition coefficient (Wildman–Crippen LogP) is 2.47. The van der Waals surface area contributed by atoms with E-state index < -0.39 is 6.10 Å². The van der Waals surface area contributed by atoms with Crippen LogP contribution in [0.2, 0.25) is 0 Å². The SMILES string of the molecule is CN1CCO[C@@H](C(=O)Nc2ccc3c(c2)OCCO3)[C@@H]1c1ccccc1. The lowest BCUT2D eigenvalue weighted by molar-refractivity contribution is -0.139. The summed E-state index contributed by atoms with van der Waals surface area (Å²) in [6.45, 7) is 2.36. The highest BCUT2D eigenvalue weighted by atomic mass is 16.6. The number of carbonyl (C=O) groups is 1. The van der Waals surface area contributed by atoms with Crippen LogP contribution in [0.1, 0.15) is 11.6 Å². The zero-order valence-electron chi connectivity index (χ0n) is 14.7. The van der Waals surface area contributed by atoms with Crippen molar-refractivity contribution < 1.29 is 19.0 Å². The number of rotatable bonds is 3. The molecule has 4 rings (SSSR count). The number of hydrogen-bond donors (Lipinski definition) is 1. The number of carbonyl (C=O) groups excluding carboxylic acids is 1. The van der Waals surface area contributed by atoms with Gasteiger partial charge in [0.05, 0.1) is 12.6 Å². The van der Waals surface area contributed by atoms with Gasteiger partial charge < -0.3 is 19.5 Å². The summed E-state index contributed by atoms with van der Waals surface area (Å²) in [5, 5.41) is 2.96. The van der Waals surface area contributed by atoms with Crippen molar-refractivity contribution in [3.63, 3.8) is 0 Å². The van der Waals surface area contributed by atoms with Crippen LogP contribution in [-0.2, 0) is 9.53 Å². The Morgan fingerprint density at radius 2 is 1.81 bits per heavy atom. The molecule has 6 nitrogen and oxygen atoms in total. The van der Waals surface area contributed by atoms with Crippen LogP contribution in [0.25, 0.3) is 0 Å². The molecule has 2 aromatic rings. The summed E-state index contributed by atoms with van der Waals surface area (Å²) in [6.07, 6.45) is -0.579. The molecule has 1 saturated heterocycles. The third kappa shape index (κ3) is 3.38. The summed E-state index contributed by atoms with van der Waals surface area (Å²) in [6, 6.07) is 15.3. The van der Waals surface area contributed by atoms with Gasteiger partial charge in [-0.25, -0.2) is 0 Å². The Balaban J connectivity index is 1.54. The van der Waals surface area contributed by atoms with Crippen molar-refractivity contribution in [1.29, 1.82) is 0 Å². The van der Waals surface area contributed by atoms with E-state index in [1.54, 1.807) is 6.07 Å². The fourth-order valence-corrected chi connectivity index (χ4v) is 3.42. The van der Waals surface area contributed by atoms with Gasteiger partial charge in [-0.15, -0.1) is 0 Å². The molecule has 1 N–H and O–H groups in total. The smallest absolute Gasteiger partial charge is 0.255 e. The molecule has 0 aromatic heterocycles. The van der Waals surface area contributed by atoms with E-state index in [-0.39, 0.29) is 11.9 Å². The maximum atomic E-state index is 12.9. The maximum absolute atomic E-state index is 12.9. The third-order valence-electron chi connectivity index (χ3n) is 4.71. The van der Waals surface area contributed by atoms with Gasteiger partial charge in [0.15, 0.2) is 17.6 Å². The number of benzene rings is 2. The van der Waals surface area contributed by atoms with Gasteiger partial charge in [-0.2, -0.15) is 0 Å². The lowest BCUT2D eigenvalue weighted by Gasteiger charge is -2.38. The second kappa shape index (κ2) is 7.35. The maximum Gasteiger partial charge on any atom is 0.255 e. The first-order valence-electron chi connectivity index (χ1n) is 8.80. The quantitative estimate of drug-likeness (QED) is 0.918. The van der Waals surface area contributed by atoms with Gasteiger partial charge in [-0.05, 0) is 24.7 Å². The van der Waals surface area contributed by atoms with Gasteiger partial charge in [-0.1, -0.05) is 30.3 Å². The largest absolute Gasteiger partial charge is 0.486 e. The van der Waals surface area contributed by atoms with E-state index in [2.05, 4.69) is 10.2 Å². The average Bonchev–Trinajstić information content (AvgIpc) is 2.68. The van der Waals surface area contributed by atoms with Gasteiger partial charge >= 0.3 is 0 Å². The topological polar surface area (TPSA) is 60.0 Å². The highest BCUT2D eigenvalue weighted by Gasteiger charge is 2.36. The predicted molar refractivity (Wildman–Crippen MR) is 97.6 cm³/mol. The normalized spacial score (nSPS) is 22.7. The highest BCUT2D eigenvalue weighted by molar-refractivity contribution is 5.95. The minimum Gasteiger partial charge on any atom is -0.486 e. The van der Waals surface area contributed by atoms with E-state index in [4.69, 9.17) is 14.2 Å². The van der Waals surface area contributed by atoms with Crippen LogP contribution in [0.3, 0.4) is 0 Å². The monoisotopic (exact) mass is 354 g/mol. The first kappa shape index (κ1) is 16.9. The number of fused-ring (bicyclic) bond motifs is 1. The lowest BCUT2D eigenvalue weighted by atomic mass is 9.98. The number of likely N-dealkylation sites (N-methyl/N-ethyl adjacent to an activating group) is 1. The van der Waals surface area contributed by atoms with Crippen LogP contribution in [-0.4, -0.2) is 50.3 Å².